The average Bonchev–Trinajstić information content (AvgIpc) is 2.56. The minimum Gasteiger partial charge on any atom is -0.325 e. The Bertz CT molecular complexity index is 679. The van der Waals surface area contributed by atoms with E-state index in [4.69, 9.17) is 0 Å². The molecule has 2 aromatic rings. The van der Waals surface area contributed by atoms with Crippen molar-refractivity contribution in [1.29, 1.82) is 0 Å². The van der Waals surface area contributed by atoms with Crippen molar-refractivity contribution in [2.75, 3.05) is 11.9 Å². The van der Waals surface area contributed by atoms with E-state index in [0.29, 0.717) is 17.2 Å². The minimum atomic E-state index is -0.104. The molecule has 2 N–H and O–H groups in total. The Morgan fingerprint density at radius 1 is 0.958 bits per heavy atom. The average molecular weight is 324 g/mol. The Morgan fingerprint density at radius 2 is 1.58 bits per heavy atom. The van der Waals surface area contributed by atoms with Crippen LogP contribution in [0, 0.1) is 5.92 Å². The molecule has 4 heteroatoms. The predicted molar refractivity (Wildman–Crippen MR) is 97.1 cm³/mol. The van der Waals surface area contributed by atoms with Gasteiger partial charge in [0, 0.05) is 17.3 Å². The fourth-order valence-electron chi connectivity index (χ4n) is 2.59. The fourth-order valence-corrected chi connectivity index (χ4v) is 2.59. The largest absolute Gasteiger partial charge is 0.325 e. The summed E-state index contributed by atoms with van der Waals surface area (Å²) in [6, 6.07) is 17.2. The number of carbonyl (C=O) groups excluding carboxylic acids is 2. The summed E-state index contributed by atoms with van der Waals surface area (Å²) in [6.45, 7) is 6.01. The van der Waals surface area contributed by atoms with Crippen LogP contribution in [0.2, 0.25) is 0 Å². The molecule has 0 aliphatic heterocycles. The van der Waals surface area contributed by atoms with Crippen LogP contribution >= 0.6 is 0 Å². The van der Waals surface area contributed by atoms with Crippen molar-refractivity contribution in [3.8, 4) is 0 Å². The molecule has 0 aromatic heterocycles. The van der Waals surface area contributed by atoms with E-state index in [2.05, 4.69) is 36.6 Å². The van der Waals surface area contributed by atoms with Crippen LogP contribution in [0.1, 0.15) is 42.7 Å². The lowest BCUT2D eigenvalue weighted by molar-refractivity contribution is -0.115. The van der Waals surface area contributed by atoms with Gasteiger partial charge in [-0.1, -0.05) is 44.2 Å². The van der Waals surface area contributed by atoms with Gasteiger partial charge in [0.15, 0.2) is 5.78 Å². The van der Waals surface area contributed by atoms with E-state index in [1.54, 1.807) is 24.3 Å². The second-order valence-corrected chi connectivity index (χ2v) is 6.19. The zero-order valence-electron chi connectivity index (χ0n) is 14.4. The number of ketones is 1. The van der Waals surface area contributed by atoms with Gasteiger partial charge in [-0.15, -0.1) is 0 Å². The summed E-state index contributed by atoms with van der Waals surface area (Å²) in [7, 11) is 0. The lowest BCUT2D eigenvalue weighted by atomic mass is 9.96. The van der Waals surface area contributed by atoms with Crippen LogP contribution in [0.15, 0.2) is 54.6 Å². The van der Waals surface area contributed by atoms with E-state index in [1.807, 2.05) is 18.2 Å². The maximum absolute atomic E-state index is 12.1. The number of nitrogens with one attached hydrogen (secondary N) is 2. The maximum Gasteiger partial charge on any atom is 0.238 e. The zero-order valence-corrected chi connectivity index (χ0v) is 14.4. The van der Waals surface area contributed by atoms with Crippen molar-refractivity contribution >= 4 is 17.4 Å². The predicted octanol–water partition coefficient (Wildman–Crippen LogP) is 3.81. The first-order valence-corrected chi connectivity index (χ1v) is 8.16. The molecule has 1 atom stereocenters. The molecular formula is C20H24N2O2. The van der Waals surface area contributed by atoms with E-state index in [-0.39, 0.29) is 24.3 Å². The molecule has 1 amide bonds. The Hall–Kier alpha value is -2.46. The zero-order chi connectivity index (χ0) is 17.5. The van der Waals surface area contributed by atoms with Crippen LogP contribution in [-0.4, -0.2) is 18.2 Å². The summed E-state index contributed by atoms with van der Waals surface area (Å²) in [5.74, 6) is 0.277. The third kappa shape index (κ3) is 5.03. The van der Waals surface area contributed by atoms with Gasteiger partial charge in [-0.3, -0.25) is 9.59 Å². The second-order valence-electron chi connectivity index (χ2n) is 6.19. The third-order valence-electron chi connectivity index (χ3n) is 3.88. The molecular weight excluding hydrogens is 300 g/mol. The lowest BCUT2D eigenvalue weighted by Crippen LogP contribution is -2.33. The van der Waals surface area contributed by atoms with Gasteiger partial charge in [0.25, 0.3) is 0 Å². The van der Waals surface area contributed by atoms with Gasteiger partial charge in [-0.05, 0) is 42.7 Å². The molecule has 0 aliphatic rings. The summed E-state index contributed by atoms with van der Waals surface area (Å²) in [5, 5.41) is 6.16. The normalized spacial score (nSPS) is 12.0. The molecule has 0 aliphatic carbocycles. The fraction of sp³-hybridized carbons (Fsp3) is 0.300. The number of Topliss-reactive ketones (excluding diaryl/α,β-unsaturated/α-hetero) is 1. The Kier molecular flexibility index (Phi) is 6.27. The summed E-state index contributed by atoms with van der Waals surface area (Å²) < 4.78 is 0. The van der Waals surface area contributed by atoms with Crippen LogP contribution < -0.4 is 10.6 Å². The van der Waals surface area contributed by atoms with Crippen LogP contribution in [0.3, 0.4) is 0 Å². The van der Waals surface area contributed by atoms with Crippen molar-refractivity contribution in [2.45, 2.75) is 26.8 Å². The topological polar surface area (TPSA) is 58.2 Å². The number of amides is 1. The van der Waals surface area contributed by atoms with Crippen molar-refractivity contribution in [1.82, 2.24) is 5.32 Å². The molecule has 0 heterocycles. The number of benzene rings is 2. The van der Waals surface area contributed by atoms with Gasteiger partial charge in [0.05, 0.1) is 6.54 Å². The Morgan fingerprint density at radius 3 is 2.12 bits per heavy atom. The third-order valence-corrected chi connectivity index (χ3v) is 3.88. The molecule has 0 fully saturated rings. The van der Waals surface area contributed by atoms with E-state index < -0.39 is 0 Å². The van der Waals surface area contributed by atoms with E-state index in [9.17, 15) is 9.59 Å². The highest BCUT2D eigenvalue weighted by Crippen LogP contribution is 2.21. The van der Waals surface area contributed by atoms with Crippen LogP contribution in [-0.2, 0) is 4.79 Å². The highest BCUT2D eigenvalue weighted by atomic mass is 16.2. The van der Waals surface area contributed by atoms with Gasteiger partial charge in [0.2, 0.25) is 5.91 Å². The first-order chi connectivity index (χ1) is 11.5. The molecule has 126 valence electrons. The highest BCUT2D eigenvalue weighted by Gasteiger charge is 2.16. The van der Waals surface area contributed by atoms with E-state index >= 15 is 0 Å². The molecule has 0 radical (unpaired) electrons. The number of carbonyl (C=O) groups is 2. The Labute approximate surface area is 143 Å². The SMILES string of the molecule is CC(=O)c1ccc(NC(=O)CN[C@H](c2ccccc2)C(C)C)cc1. The smallest absolute Gasteiger partial charge is 0.238 e. The highest BCUT2D eigenvalue weighted by molar-refractivity contribution is 5.96. The van der Waals surface area contributed by atoms with Crippen molar-refractivity contribution < 1.29 is 9.59 Å². The number of hydrogen-bond acceptors (Lipinski definition) is 3. The molecule has 4 nitrogen and oxygen atoms in total. The summed E-state index contributed by atoms with van der Waals surface area (Å²) in [4.78, 5) is 23.4. The second kappa shape index (κ2) is 8.41. The van der Waals surface area contributed by atoms with Gasteiger partial charge >= 0.3 is 0 Å². The molecule has 0 bridgehead atoms. The van der Waals surface area contributed by atoms with Crippen LogP contribution in [0.25, 0.3) is 0 Å². The summed E-state index contributed by atoms with van der Waals surface area (Å²) in [6.07, 6.45) is 0. The van der Waals surface area contributed by atoms with E-state index in [0.717, 1.165) is 0 Å². The van der Waals surface area contributed by atoms with Crippen molar-refractivity contribution in [2.24, 2.45) is 5.92 Å². The van der Waals surface area contributed by atoms with Crippen LogP contribution in [0.5, 0.6) is 0 Å². The van der Waals surface area contributed by atoms with Gasteiger partial charge < -0.3 is 10.6 Å². The standard InChI is InChI=1S/C20H24N2O2/c1-14(2)20(17-7-5-4-6-8-17)21-13-19(24)22-18-11-9-16(10-12-18)15(3)23/h4-12,14,20-21H,13H2,1-3H3,(H,22,24)/t20-/m0/s1. The minimum absolute atomic E-state index is 0.0113. The summed E-state index contributed by atoms with van der Waals surface area (Å²) in [5.41, 5.74) is 2.49. The Balaban J connectivity index is 1.92. The maximum atomic E-state index is 12.1. The molecule has 2 aromatic carbocycles. The molecule has 24 heavy (non-hydrogen) atoms. The molecule has 0 saturated carbocycles. The van der Waals surface area contributed by atoms with Gasteiger partial charge in [-0.2, -0.15) is 0 Å². The number of anilines is 1. The van der Waals surface area contributed by atoms with E-state index in [1.165, 1.54) is 12.5 Å². The number of rotatable bonds is 7. The molecule has 0 spiro atoms. The molecule has 2 rings (SSSR count). The van der Waals surface area contributed by atoms with Crippen LogP contribution in [0.4, 0.5) is 5.69 Å². The monoisotopic (exact) mass is 324 g/mol. The lowest BCUT2D eigenvalue weighted by Gasteiger charge is -2.22. The molecule has 0 saturated heterocycles. The first kappa shape index (κ1) is 17.9. The van der Waals surface area contributed by atoms with Crippen molar-refractivity contribution in [3.63, 3.8) is 0 Å². The van der Waals surface area contributed by atoms with Gasteiger partial charge in [-0.25, -0.2) is 0 Å². The van der Waals surface area contributed by atoms with Gasteiger partial charge in [0.1, 0.15) is 0 Å². The summed E-state index contributed by atoms with van der Waals surface area (Å²) >= 11 is 0. The number of hydrogen-bond donors (Lipinski definition) is 2. The quantitative estimate of drug-likeness (QED) is 0.761. The first-order valence-electron chi connectivity index (χ1n) is 8.16. The van der Waals surface area contributed by atoms with Crippen molar-refractivity contribution in [3.05, 3.63) is 65.7 Å². The molecule has 0 unspecified atom stereocenters.